The van der Waals surface area contributed by atoms with Crippen molar-refractivity contribution in [2.45, 2.75) is 38.1 Å². The van der Waals surface area contributed by atoms with Gasteiger partial charge in [-0.1, -0.05) is 17.4 Å². The molecule has 4 rings (SSSR count). The topological polar surface area (TPSA) is 152 Å². The molecule has 0 aromatic carbocycles. The zero-order valence-corrected chi connectivity index (χ0v) is 17.5. The van der Waals surface area contributed by atoms with Gasteiger partial charge in [-0.15, -0.1) is 10.2 Å². The minimum absolute atomic E-state index is 0.0801. The number of aliphatic carboxylic acids is 1. The Kier molecular flexibility index (Phi) is 7.16. The number of nitrogen functional groups attached to an aromatic ring is 1. The van der Waals surface area contributed by atoms with Crippen LogP contribution in [-0.2, 0) is 16.0 Å². The number of carbonyl (C=O) groups is 2. The molecule has 4 heterocycles. The molecule has 2 aromatic heterocycles. The number of aromatic nitrogens is 3. The predicted molar refractivity (Wildman–Crippen MR) is 112 cm³/mol. The van der Waals surface area contributed by atoms with Gasteiger partial charge < -0.3 is 21.5 Å². The Hall–Kier alpha value is -2.79. The van der Waals surface area contributed by atoms with E-state index >= 15 is 0 Å². The first-order chi connectivity index (χ1) is 14.4. The number of hydrogen-bond donors (Lipinski definition) is 4. The first-order valence-corrected chi connectivity index (χ1v) is 10.7. The van der Waals surface area contributed by atoms with E-state index in [1.165, 1.54) is 17.4 Å². The molecule has 162 valence electrons. The summed E-state index contributed by atoms with van der Waals surface area (Å²) in [5.41, 5.74) is 6.44. The van der Waals surface area contributed by atoms with E-state index in [9.17, 15) is 9.59 Å². The summed E-state index contributed by atoms with van der Waals surface area (Å²) in [5, 5.41) is 22.9. The van der Waals surface area contributed by atoms with Crippen molar-refractivity contribution in [1.82, 2.24) is 25.4 Å². The largest absolute Gasteiger partial charge is 0.481 e. The van der Waals surface area contributed by atoms with Gasteiger partial charge >= 0.3 is 0 Å². The van der Waals surface area contributed by atoms with Crippen LogP contribution in [0.25, 0.3) is 0 Å². The fourth-order valence-corrected chi connectivity index (χ4v) is 4.70. The Morgan fingerprint density at radius 3 is 2.83 bits per heavy atom. The molecule has 2 aliphatic heterocycles. The highest BCUT2D eigenvalue weighted by molar-refractivity contribution is 7.15. The van der Waals surface area contributed by atoms with Crippen LogP contribution >= 0.6 is 11.3 Å². The molecule has 3 atom stereocenters. The second kappa shape index (κ2) is 9.81. The number of nitrogens with one attached hydrogen (secondary N) is 2. The monoisotopic (exact) mass is 434 g/mol. The SMILES string of the molecule is CC(=O)O.Nc1nnc(CCCNC(=O)[C@H]2[C@@H]3CNC[C@@H](C3)c3cccc(=O)n32)s1. The zero-order chi connectivity index (χ0) is 21.7. The summed E-state index contributed by atoms with van der Waals surface area (Å²) in [6, 6.07) is 4.85. The quantitative estimate of drug-likeness (QED) is 0.493. The molecular formula is C19H26N6O4S. The fraction of sp³-hybridized carbons (Fsp3) is 0.526. The number of carbonyl (C=O) groups excluding carboxylic acids is 1. The van der Waals surface area contributed by atoms with E-state index in [0.717, 1.165) is 50.0 Å². The number of nitrogens with two attached hydrogens (primary N) is 1. The summed E-state index contributed by atoms with van der Waals surface area (Å²) in [6.07, 6.45) is 2.43. The number of aryl methyl sites for hydroxylation is 1. The number of nitrogens with zero attached hydrogens (tertiary/aromatic N) is 3. The molecule has 2 aliphatic rings. The minimum Gasteiger partial charge on any atom is -0.481 e. The van der Waals surface area contributed by atoms with Crippen molar-refractivity contribution in [3.63, 3.8) is 0 Å². The summed E-state index contributed by atoms with van der Waals surface area (Å²) >= 11 is 1.37. The molecule has 0 radical (unpaired) electrons. The third kappa shape index (κ3) is 5.22. The van der Waals surface area contributed by atoms with Gasteiger partial charge in [0, 0.05) is 56.6 Å². The van der Waals surface area contributed by atoms with Gasteiger partial charge in [0.05, 0.1) is 0 Å². The van der Waals surface area contributed by atoms with Crippen molar-refractivity contribution in [2.75, 3.05) is 25.4 Å². The number of carboxylic acids is 1. The molecular weight excluding hydrogens is 408 g/mol. The maximum absolute atomic E-state index is 12.9. The Balaban J connectivity index is 0.000000589. The van der Waals surface area contributed by atoms with Crippen molar-refractivity contribution >= 4 is 28.3 Å². The number of rotatable bonds is 5. The maximum Gasteiger partial charge on any atom is 0.300 e. The number of carboxylic acid groups (broad SMARTS) is 1. The van der Waals surface area contributed by atoms with E-state index in [1.807, 2.05) is 6.07 Å². The molecule has 5 N–H and O–H groups in total. The molecule has 2 aromatic rings. The van der Waals surface area contributed by atoms with Crippen LogP contribution in [0.4, 0.5) is 5.13 Å². The van der Waals surface area contributed by atoms with Crippen LogP contribution in [0.3, 0.4) is 0 Å². The maximum atomic E-state index is 12.9. The van der Waals surface area contributed by atoms with Crippen LogP contribution < -0.4 is 21.9 Å². The molecule has 1 amide bonds. The fourth-order valence-electron chi connectivity index (χ4n) is 4.05. The molecule has 1 saturated heterocycles. The molecule has 1 fully saturated rings. The Labute approximate surface area is 177 Å². The van der Waals surface area contributed by atoms with E-state index in [-0.39, 0.29) is 17.4 Å². The summed E-state index contributed by atoms with van der Waals surface area (Å²) < 4.78 is 1.71. The highest BCUT2D eigenvalue weighted by Gasteiger charge is 2.41. The van der Waals surface area contributed by atoms with Crippen molar-refractivity contribution in [1.29, 1.82) is 0 Å². The predicted octanol–water partition coefficient (Wildman–Crippen LogP) is 0.370. The summed E-state index contributed by atoms with van der Waals surface area (Å²) in [5.74, 6) is -0.470. The normalized spacial score (nSPS) is 21.7. The number of hydrogen-bond acceptors (Lipinski definition) is 8. The summed E-state index contributed by atoms with van der Waals surface area (Å²) in [6.45, 7) is 3.24. The van der Waals surface area contributed by atoms with E-state index in [1.54, 1.807) is 10.6 Å². The van der Waals surface area contributed by atoms with Crippen molar-refractivity contribution in [3.05, 3.63) is 39.3 Å². The third-order valence-electron chi connectivity index (χ3n) is 5.17. The minimum atomic E-state index is -0.833. The average molecular weight is 435 g/mol. The van der Waals surface area contributed by atoms with Gasteiger partial charge in [-0.3, -0.25) is 19.0 Å². The standard InChI is InChI=1S/C17H22N6O2S.C2H4O2/c18-17-22-21-13(26-17)4-2-6-20-16(25)15-11-7-10(8-19-9-11)12-3-1-5-14(24)23(12)15;1-2(3)4/h1,3,5,10-11,15,19H,2,4,6-9H2,(H2,18,22)(H,20,25);1H3,(H,3,4)/t10-,11+,15-;/m1./s1. The zero-order valence-electron chi connectivity index (χ0n) is 16.7. The lowest BCUT2D eigenvalue weighted by Crippen LogP contribution is -2.52. The van der Waals surface area contributed by atoms with Gasteiger partial charge in [0.1, 0.15) is 11.0 Å². The van der Waals surface area contributed by atoms with Crippen LogP contribution in [0.15, 0.2) is 23.0 Å². The number of amides is 1. The van der Waals surface area contributed by atoms with Crippen LogP contribution in [0.5, 0.6) is 0 Å². The second-order valence-corrected chi connectivity index (χ2v) is 8.50. The van der Waals surface area contributed by atoms with Gasteiger partial charge in [-0.05, 0) is 18.9 Å². The van der Waals surface area contributed by atoms with Gasteiger partial charge in [0.25, 0.3) is 11.5 Å². The number of anilines is 1. The number of piperidine rings is 1. The molecule has 30 heavy (non-hydrogen) atoms. The smallest absolute Gasteiger partial charge is 0.300 e. The summed E-state index contributed by atoms with van der Waals surface area (Å²) in [7, 11) is 0. The van der Waals surface area contributed by atoms with Crippen molar-refractivity contribution < 1.29 is 14.7 Å². The number of pyridine rings is 1. The first-order valence-electron chi connectivity index (χ1n) is 9.84. The van der Waals surface area contributed by atoms with Crippen LogP contribution in [0.1, 0.15) is 42.4 Å². The van der Waals surface area contributed by atoms with E-state index < -0.39 is 12.0 Å². The van der Waals surface area contributed by atoms with Crippen LogP contribution in [0, 0.1) is 5.92 Å². The molecule has 0 saturated carbocycles. The Morgan fingerprint density at radius 1 is 1.37 bits per heavy atom. The molecule has 0 spiro atoms. The second-order valence-electron chi connectivity index (χ2n) is 7.40. The summed E-state index contributed by atoms with van der Waals surface area (Å²) in [4.78, 5) is 34.3. The third-order valence-corrected chi connectivity index (χ3v) is 5.98. The van der Waals surface area contributed by atoms with Crippen LogP contribution in [0.2, 0.25) is 0 Å². The van der Waals surface area contributed by atoms with Crippen LogP contribution in [-0.4, -0.2) is 51.4 Å². The Bertz CT molecular complexity index is 954. The lowest BCUT2D eigenvalue weighted by molar-refractivity contribution is -0.134. The van der Waals surface area contributed by atoms with Gasteiger partial charge in [0.15, 0.2) is 0 Å². The number of fused-ring (bicyclic) bond motifs is 4. The molecule has 0 aliphatic carbocycles. The molecule has 10 nitrogen and oxygen atoms in total. The van der Waals surface area contributed by atoms with E-state index in [2.05, 4.69) is 20.8 Å². The lowest BCUT2D eigenvalue weighted by Gasteiger charge is -2.42. The van der Waals surface area contributed by atoms with Crippen molar-refractivity contribution in [2.24, 2.45) is 5.92 Å². The van der Waals surface area contributed by atoms with E-state index in [0.29, 0.717) is 17.6 Å². The van der Waals surface area contributed by atoms with Gasteiger partial charge in [-0.25, -0.2) is 0 Å². The van der Waals surface area contributed by atoms with Gasteiger partial charge in [-0.2, -0.15) is 0 Å². The molecule has 2 bridgehead atoms. The van der Waals surface area contributed by atoms with Crippen molar-refractivity contribution in [3.8, 4) is 0 Å². The van der Waals surface area contributed by atoms with Gasteiger partial charge in [0.2, 0.25) is 11.0 Å². The highest BCUT2D eigenvalue weighted by atomic mass is 32.1. The molecule has 11 heteroatoms. The lowest BCUT2D eigenvalue weighted by atomic mass is 9.79. The molecule has 0 unspecified atom stereocenters. The van der Waals surface area contributed by atoms with E-state index in [4.69, 9.17) is 15.6 Å². The first kappa shape index (κ1) is 21.9. The Morgan fingerprint density at radius 2 is 2.13 bits per heavy atom. The highest BCUT2D eigenvalue weighted by Crippen LogP contribution is 2.38. The average Bonchev–Trinajstić information content (AvgIpc) is 3.11.